The molecule has 0 saturated carbocycles. The second-order valence-corrected chi connectivity index (χ2v) is 6.10. The molecule has 0 fully saturated rings. The van der Waals surface area contributed by atoms with Crippen LogP contribution in [-0.2, 0) is 0 Å². The highest BCUT2D eigenvalue weighted by Crippen LogP contribution is 2.21. The van der Waals surface area contributed by atoms with Gasteiger partial charge in [0.15, 0.2) is 0 Å². The van der Waals surface area contributed by atoms with Crippen LogP contribution in [0.4, 0.5) is 17.1 Å². The summed E-state index contributed by atoms with van der Waals surface area (Å²) < 4.78 is 0. The Morgan fingerprint density at radius 2 is 1.26 bits per heavy atom. The topological polar surface area (TPSA) is 53.8 Å². The van der Waals surface area contributed by atoms with Gasteiger partial charge in [-0.3, -0.25) is 4.79 Å². The molecule has 4 aromatic carbocycles. The van der Waals surface area contributed by atoms with Crippen LogP contribution in [-0.4, -0.2) is 5.91 Å². The molecule has 0 saturated heterocycles. The number of nitrogens with zero attached hydrogens (tertiary/aromatic N) is 2. The highest BCUT2D eigenvalue weighted by molar-refractivity contribution is 6.06. The monoisotopic (exact) mass is 351 g/mol. The molecule has 0 heterocycles. The molecule has 4 aromatic rings. The number of rotatable bonds is 4. The van der Waals surface area contributed by atoms with E-state index in [1.54, 1.807) is 0 Å². The Labute approximate surface area is 157 Å². The van der Waals surface area contributed by atoms with Crippen LogP contribution >= 0.6 is 0 Å². The van der Waals surface area contributed by atoms with Crippen LogP contribution in [0.2, 0.25) is 0 Å². The lowest BCUT2D eigenvalue weighted by molar-refractivity contribution is 0.102. The van der Waals surface area contributed by atoms with Crippen molar-refractivity contribution in [3.8, 4) is 0 Å². The first-order chi connectivity index (χ1) is 13.3. The fraction of sp³-hybridized carbons (Fsp3) is 0. The number of hydrogen-bond acceptors (Lipinski definition) is 3. The van der Waals surface area contributed by atoms with Crippen LogP contribution in [0.25, 0.3) is 10.8 Å². The zero-order valence-electron chi connectivity index (χ0n) is 14.5. The third-order valence-electron chi connectivity index (χ3n) is 4.17. The number of amides is 1. The zero-order valence-corrected chi connectivity index (χ0v) is 14.5. The maximum Gasteiger partial charge on any atom is 0.255 e. The van der Waals surface area contributed by atoms with E-state index in [9.17, 15) is 4.79 Å². The van der Waals surface area contributed by atoms with Crippen LogP contribution in [0.3, 0.4) is 0 Å². The lowest BCUT2D eigenvalue weighted by atomic mass is 10.1. The second-order valence-electron chi connectivity index (χ2n) is 6.10. The molecule has 0 bridgehead atoms. The highest BCUT2D eigenvalue weighted by Gasteiger charge is 2.07. The summed E-state index contributed by atoms with van der Waals surface area (Å²) in [6.45, 7) is 0. The zero-order chi connectivity index (χ0) is 18.5. The highest BCUT2D eigenvalue weighted by atomic mass is 16.1. The van der Waals surface area contributed by atoms with Gasteiger partial charge in [0.1, 0.15) is 0 Å². The average Bonchev–Trinajstić information content (AvgIpc) is 2.73. The number of azo groups is 1. The summed E-state index contributed by atoms with van der Waals surface area (Å²) >= 11 is 0. The van der Waals surface area contributed by atoms with Crippen LogP contribution in [0.5, 0.6) is 0 Å². The number of hydrogen-bond donors (Lipinski definition) is 1. The Kier molecular flexibility index (Phi) is 4.70. The van der Waals surface area contributed by atoms with Crippen molar-refractivity contribution in [3.63, 3.8) is 0 Å². The van der Waals surface area contributed by atoms with E-state index in [1.807, 2.05) is 97.1 Å². The van der Waals surface area contributed by atoms with Crippen molar-refractivity contribution in [2.24, 2.45) is 10.2 Å². The fourth-order valence-electron chi connectivity index (χ4n) is 2.76. The molecule has 0 atom stereocenters. The van der Waals surface area contributed by atoms with E-state index >= 15 is 0 Å². The Hall–Kier alpha value is -3.79. The molecule has 1 amide bonds. The smallest absolute Gasteiger partial charge is 0.255 e. The van der Waals surface area contributed by atoms with E-state index in [0.29, 0.717) is 11.3 Å². The molecule has 130 valence electrons. The first-order valence-electron chi connectivity index (χ1n) is 8.65. The first-order valence-corrected chi connectivity index (χ1v) is 8.65. The molecule has 0 aliphatic heterocycles. The minimum atomic E-state index is -0.139. The second kappa shape index (κ2) is 7.62. The summed E-state index contributed by atoms with van der Waals surface area (Å²) in [5.41, 5.74) is 2.86. The summed E-state index contributed by atoms with van der Waals surface area (Å²) in [6.07, 6.45) is 0. The normalized spacial score (nSPS) is 11.0. The van der Waals surface area contributed by atoms with Crippen molar-refractivity contribution in [2.75, 3.05) is 5.32 Å². The molecule has 0 aliphatic rings. The Balaban J connectivity index is 1.45. The predicted molar refractivity (Wildman–Crippen MR) is 109 cm³/mol. The summed E-state index contributed by atoms with van der Waals surface area (Å²) in [5, 5.41) is 13.5. The molecular formula is C23H17N3O. The van der Waals surface area contributed by atoms with Crippen LogP contribution < -0.4 is 5.32 Å². The van der Waals surface area contributed by atoms with Gasteiger partial charge in [-0.1, -0.05) is 48.5 Å². The Morgan fingerprint density at radius 3 is 2.00 bits per heavy atom. The SMILES string of the molecule is O=C(Nc1ccc(N=Nc2ccccc2)cc1)c1ccc2ccccc2c1. The van der Waals surface area contributed by atoms with Gasteiger partial charge in [-0.15, -0.1) is 0 Å². The number of anilines is 1. The largest absolute Gasteiger partial charge is 0.322 e. The molecule has 0 aliphatic carbocycles. The lowest BCUT2D eigenvalue weighted by Gasteiger charge is -2.06. The summed E-state index contributed by atoms with van der Waals surface area (Å²) in [6, 6.07) is 30.5. The third kappa shape index (κ3) is 4.07. The van der Waals surface area contributed by atoms with Crippen molar-refractivity contribution in [3.05, 3.63) is 103 Å². The summed E-state index contributed by atoms with van der Waals surface area (Å²) in [5.74, 6) is -0.139. The average molecular weight is 351 g/mol. The van der Waals surface area contributed by atoms with Crippen LogP contribution in [0.15, 0.2) is 107 Å². The molecule has 4 nitrogen and oxygen atoms in total. The first kappa shape index (κ1) is 16.7. The molecule has 4 rings (SSSR count). The predicted octanol–water partition coefficient (Wildman–Crippen LogP) is 6.51. The lowest BCUT2D eigenvalue weighted by Crippen LogP contribution is -2.11. The van der Waals surface area contributed by atoms with Crippen molar-refractivity contribution in [1.29, 1.82) is 0 Å². The third-order valence-corrected chi connectivity index (χ3v) is 4.17. The maximum atomic E-state index is 12.5. The van der Waals surface area contributed by atoms with Gasteiger partial charge in [0.05, 0.1) is 11.4 Å². The van der Waals surface area contributed by atoms with Crippen LogP contribution in [0, 0.1) is 0 Å². The number of carbonyl (C=O) groups is 1. The van der Waals surface area contributed by atoms with Crippen molar-refractivity contribution >= 4 is 33.7 Å². The van der Waals surface area contributed by atoms with E-state index in [-0.39, 0.29) is 5.91 Å². The standard InChI is InChI=1S/C23H17N3O/c27-23(19-11-10-17-6-4-5-7-18(17)16-19)24-20-12-14-22(15-13-20)26-25-21-8-2-1-3-9-21/h1-16H,(H,24,27). The van der Waals surface area contributed by atoms with Crippen molar-refractivity contribution < 1.29 is 4.79 Å². The maximum absolute atomic E-state index is 12.5. The van der Waals surface area contributed by atoms with Gasteiger partial charge < -0.3 is 5.32 Å². The summed E-state index contributed by atoms with van der Waals surface area (Å²) in [4.78, 5) is 12.5. The van der Waals surface area contributed by atoms with Gasteiger partial charge >= 0.3 is 0 Å². The number of nitrogens with one attached hydrogen (secondary N) is 1. The van der Waals surface area contributed by atoms with Gasteiger partial charge in [0.2, 0.25) is 0 Å². The van der Waals surface area contributed by atoms with Gasteiger partial charge in [0.25, 0.3) is 5.91 Å². The number of benzene rings is 4. The van der Waals surface area contributed by atoms with Gasteiger partial charge in [-0.25, -0.2) is 0 Å². The molecule has 4 heteroatoms. The molecule has 0 spiro atoms. The molecule has 0 unspecified atom stereocenters. The quantitative estimate of drug-likeness (QED) is 0.419. The minimum absolute atomic E-state index is 0.139. The van der Waals surface area contributed by atoms with E-state index in [2.05, 4.69) is 15.5 Å². The van der Waals surface area contributed by atoms with E-state index in [4.69, 9.17) is 0 Å². The summed E-state index contributed by atoms with van der Waals surface area (Å²) in [7, 11) is 0. The molecular weight excluding hydrogens is 334 g/mol. The van der Waals surface area contributed by atoms with E-state index in [1.165, 1.54) is 0 Å². The molecule has 27 heavy (non-hydrogen) atoms. The Morgan fingerprint density at radius 1 is 0.630 bits per heavy atom. The van der Waals surface area contributed by atoms with Crippen molar-refractivity contribution in [2.45, 2.75) is 0 Å². The van der Waals surface area contributed by atoms with Crippen molar-refractivity contribution in [1.82, 2.24) is 0 Å². The number of fused-ring (bicyclic) bond motifs is 1. The fourth-order valence-corrected chi connectivity index (χ4v) is 2.76. The van der Waals surface area contributed by atoms with Crippen LogP contribution in [0.1, 0.15) is 10.4 Å². The van der Waals surface area contributed by atoms with Gasteiger partial charge in [0, 0.05) is 11.3 Å². The molecule has 0 aromatic heterocycles. The van der Waals surface area contributed by atoms with Gasteiger partial charge in [-0.05, 0) is 59.3 Å². The van der Waals surface area contributed by atoms with E-state index in [0.717, 1.165) is 22.1 Å². The number of carbonyl (C=O) groups excluding carboxylic acids is 1. The van der Waals surface area contributed by atoms with Gasteiger partial charge in [-0.2, -0.15) is 10.2 Å². The molecule has 0 radical (unpaired) electrons. The van der Waals surface area contributed by atoms with E-state index < -0.39 is 0 Å². The minimum Gasteiger partial charge on any atom is -0.322 e. The molecule has 1 N–H and O–H groups in total. The Bertz CT molecular complexity index is 1100.